The Bertz CT molecular complexity index is 1040. The van der Waals surface area contributed by atoms with Gasteiger partial charge in [0.25, 0.3) is 5.69 Å². The van der Waals surface area contributed by atoms with Gasteiger partial charge >= 0.3 is 0 Å². The maximum Gasteiger partial charge on any atom is 0.289 e. The summed E-state index contributed by atoms with van der Waals surface area (Å²) in [4.78, 5) is 28.8. The predicted molar refractivity (Wildman–Crippen MR) is 120 cm³/mol. The van der Waals surface area contributed by atoms with E-state index in [4.69, 9.17) is 11.6 Å². The van der Waals surface area contributed by atoms with Gasteiger partial charge in [0.05, 0.1) is 22.1 Å². The van der Waals surface area contributed by atoms with Crippen molar-refractivity contribution >= 4 is 49.7 Å². The minimum absolute atomic E-state index is 0.0325. The highest BCUT2D eigenvalue weighted by molar-refractivity contribution is 7.89. The van der Waals surface area contributed by atoms with Crippen molar-refractivity contribution in [1.29, 1.82) is 0 Å². The molecular weight excluding hydrogens is 466 g/mol. The number of hydrogen-bond donors (Lipinski definition) is 1. The average Bonchev–Trinajstić information content (AvgIpc) is 3.12. The number of nitrogens with one attached hydrogen (secondary N) is 1. The van der Waals surface area contributed by atoms with Crippen molar-refractivity contribution in [3.63, 3.8) is 0 Å². The highest BCUT2D eigenvalue weighted by Gasteiger charge is 2.29. The molecule has 0 saturated heterocycles. The van der Waals surface area contributed by atoms with Crippen LogP contribution in [0.3, 0.4) is 0 Å². The van der Waals surface area contributed by atoms with E-state index in [2.05, 4.69) is 10.3 Å². The van der Waals surface area contributed by atoms with Crippen molar-refractivity contribution in [2.24, 2.45) is 0 Å². The third kappa shape index (κ3) is 6.68. The van der Waals surface area contributed by atoms with Crippen LogP contribution in [0.25, 0.3) is 0 Å². The minimum Gasteiger partial charge on any atom is -0.303 e. The number of benzene rings is 1. The first-order valence-electron chi connectivity index (χ1n) is 9.46. The number of sulfonamides is 1. The summed E-state index contributed by atoms with van der Waals surface area (Å²) in [5.41, 5.74) is 0.217. The lowest BCUT2D eigenvalue weighted by atomic mass is 10.3. The number of hydrogen-bond acceptors (Lipinski definition) is 8. The quantitative estimate of drug-likeness (QED) is 0.379. The first-order valence-corrected chi connectivity index (χ1v) is 12.2. The van der Waals surface area contributed by atoms with Gasteiger partial charge in [-0.15, -0.1) is 11.3 Å². The molecule has 1 N–H and O–H groups in total. The fourth-order valence-electron chi connectivity index (χ4n) is 2.75. The average molecular weight is 490 g/mol. The molecule has 0 saturated carbocycles. The molecule has 31 heavy (non-hydrogen) atoms. The predicted octanol–water partition coefficient (Wildman–Crippen LogP) is 2.98. The molecule has 0 aliphatic heterocycles. The Morgan fingerprint density at radius 2 is 1.97 bits per heavy atom. The molecule has 1 heterocycles. The minimum atomic E-state index is -4.20. The largest absolute Gasteiger partial charge is 0.303 e. The van der Waals surface area contributed by atoms with Crippen LogP contribution >= 0.6 is 22.9 Å². The zero-order chi connectivity index (χ0) is 23.2. The molecule has 170 valence electrons. The Balaban J connectivity index is 2.32. The number of nitro benzene ring substituents is 1. The zero-order valence-electron chi connectivity index (χ0n) is 17.4. The first-order chi connectivity index (χ1) is 14.6. The molecule has 0 bridgehead atoms. The van der Waals surface area contributed by atoms with Gasteiger partial charge in [0.1, 0.15) is 5.02 Å². The second-order valence-electron chi connectivity index (χ2n) is 6.58. The van der Waals surface area contributed by atoms with Crippen LogP contribution in [-0.2, 0) is 14.8 Å². The van der Waals surface area contributed by atoms with Crippen LogP contribution < -0.4 is 5.32 Å². The number of thiazole rings is 1. The second kappa shape index (κ2) is 11.0. The van der Waals surface area contributed by atoms with Crippen LogP contribution in [0.5, 0.6) is 0 Å². The number of amides is 1. The van der Waals surface area contributed by atoms with Crippen molar-refractivity contribution in [3.8, 4) is 0 Å². The van der Waals surface area contributed by atoms with Crippen molar-refractivity contribution in [2.75, 3.05) is 38.0 Å². The lowest BCUT2D eigenvalue weighted by Gasteiger charge is -2.25. The monoisotopic (exact) mass is 489 g/mol. The lowest BCUT2D eigenvalue weighted by Crippen LogP contribution is -2.42. The molecule has 10 nitrogen and oxygen atoms in total. The summed E-state index contributed by atoms with van der Waals surface area (Å²) in [5, 5.41) is 15.7. The highest BCUT2D eigenvalue weighted by Crippen LogP contribution is 2.28. The number of carbonyl (C=O) groups is 1. The van der Waals surface area contributed by atoms with Crippen LogP contribution in [0.2, 0.25) is 5.02 Å². The molecule has 1 aromatic carbocycles. The van der Waals surface area contributed by atoms with Gasteiger partial charge in [-0.2, -0.15) is 4.31 Å². The van der Waals surface area contributed by atoms with Crippen molar-refractivity contribution < 1.29 is 18.1 Å². The lowest BCUT2D eigenvalue weighted by molar-refractivity contribution is -0.384. The van der Waals surface area contributed by atoms with Crippen LogP contribution in [0.1, 0.15) is 19.5 Å². The van der Waals surface area contributed by atoms with E-state index >= 15 is 0 Å². The SMILES string of the molecule is CCN(CC)CCN(CC(=O)Nc1nc(C)cs1)S(=O)(=O)c1ccc(Cl)c([N+](=O)[O-])c1. The van der Waals surface area contributed by atoms with Crippen molar-refractivity contribution in [1.82, 2.24) is 14.2 Å². The molecule has 0 spiro atoms. The van der Waals surface area contributed by atoms with Gasteiger partial charge in [-0.25, -0.2) is 13.4 Å². The Morgan fingerprint density at radius 1 is 1.29 bits per heavy atom. The summed E-state index contributed by atoms with van der Waals surface area (Å²) in [5.74, 6) is -0.555. The molecule has 0 atom stereocenters. The highest BCUT2D eigenvalue weighted by atomic mass is 35.5. The molecule has 0 aliphatic carbocycles. The van der Waals surface area contributed by atoms with Crippen LogP contribution in [0, 0.1) is 17.0 Å². The Hall–Kier alpha value is -2.12. The third-order valence-corrected chi connectivity index (χ3v) is 7.53. The van der Waals surface area contributed by atoms with Crippen LogP contribution in [0.4, 0.5) is 10.8 Å². The molecule has 0 aliphatic rings. The fourth-order valence-corrected chi connectivity index (χ4v) is 5.05. The van der Waals surface area contributed by atoms with Gasteiger partial charge in [-0.1, -0.05) is 25.4 Å². The molecule has 1 amide bonds. The van der Waals surface area contributed by atoms with Gasteiger partial charge in [0.15, 0.2) is 5.13 Å². The fraction of sp³-hybridized carbons (Fsp3) is 0.444. The smallest absolute Gasteiger partial charge is 0.289 e. The van der Waals surface area contributed by atoms with E-state index in [0.29, 0.717) is 24.8 Å². The molecule has 2 rings (SSSR count). The van der Waals surface area contributed by atoms with E-state index in [1.165, 1.54) is 17.4 Å². The number of rotatable bonds is 11. The van der Waals surface area contributed by atoms with Crippen molar-refractivity contribution in [2.45, 2.75) is 25.7 Å². The molecule has 1 aromatic heterocycles. The van der Waals surface area contributed by atoms with Gasteiger partial charge < -0.3 is 10.2 Å². The van der Waals surface area contributed by atoms with E-state index in [0.717, 1.165) is 22.1 Å². The Kier molecular flexibility index (Phi) is 8.89. The van der Waals surface area contributed by atoms with E-state index in [1.54, 1.807) is 12.3 Å². The summed E-state index contributed by atoms with van der Waals surface area (Å²) in [6, 6.07) is 3.26. The summed E-state index contributed by atoms with van der Waals surface area (Å²) in [6.07, 6.45) is 0. The summed E-state index contributed by atoms with van der Waals surface area (Å²) in [6.45, 7) is 7.06. The van der Waals surface area contributed by atoms with Gasteiger partial charge in [0, 0.05) is 24.5 Å². The van der Waals surface area contributed by atoms with E-state index in [1.807, 2.05) is 18.7 Å². The van der Waals surface area contributed by atoms with Crippen LogP contribution in [0.15, 0.2) is 28.5 Å². The third-order valence-electron chi connectivity index (χ3n) is 4.50. The molecule has 2 aromatic rings. The normalized spacial score (nSPS) is 11.8. The first kappa shape index (κ1) is 25.1. The zero-order valence-corrected chi connectivity index (χ0v) is 19.8. The molecular formula is C18H24ClN5O5S2. The molecule has 13 heteroatoms. The number of halogens is 1. The number of aryl methyl sites for hydroxylation is 1. The Morgan fingerprint density at radius 3 is 2.52 bits per heavy atom. The number of nitro groups is 1. The van der Waals surface area contributed by atoms with Gasteiger partial charge in [-0.05, 0) is 32.1 Å². The molecule has 0 unspecified atom stereocenters. The van der Waals surface area contributed by atoms with Gasteiger partial charge in [-0.3, -0.25) is 14.9 Å². The number of likely N-dealkylation sites (N-methyl/N-ethyl adjacent to an activating group) is 1. The Labute approximate surface area is 190 Å². The maximum atomic E-state index is 13.2. The molecule has 0 fully saturated rings. The number of nitrogens with zero attached hydrogens (tertiary/aromatic N) is 4. The van der Waals surface area contributed by atoms with Crippen molar-refractivity contribution in [3.05, 3.63) is 44.4 Å². The molecule has 0 radical (unpaired) electrons. The van der Waals surface area contributed by atoms with E-state index < -0.39 is 33.1 Å². The van der Waals surface area contributed by atoms with E-state index in [9.17, 15) is 23.3 Å². The maximum absolute atomic E-state index is 13.2. The number of carbonyl (C=O) groups excluding carboxylic acids is 1. The standard InChI is InChI=1S/C18H24ClN5O5S2/c1-4-22(5-2)8-9-23(11-17(25)21-18-20-13(3)12-30-18)31(28,29)14-6-7-15(19)16(10-14)24(26)27/h6-7,10,12H,4-5,8-9,11H2,1-3H3,(H,20,21,25). The van der Waals surface area contributed by atoms with E-state index in [-0.39, 0.29) is 16.5 Å². The number of aromatic nitrogens is 1. The summed E-state index contributed by atoms with van der Waals surface area (Å²) in [7, 11) is -4.20. The summed E-state index contributed by atoms with van der Waals surface area (Å²) < 4.78 is 27.5. The second-order valence-corrected chi connectivity index (χ2v) is 9.78. The van der Waals surface area contributed by atoms with Crippen LogP contribution in [-0.4, -0.2) is 66.2 Å². The number of anilines is 1. The van der Waals surface area contributed by atoms with Gasteiger partial charge in [0.2, 0.25) is 15.9 Å². The topological polar surface area (TPSA) is 126 Å². The summed E-state index contributed by atoms with van der Waals surface area (Å²) >= 11 is 7.04.